The van der Waals surface area contributed by atoms with E-state index in [0.717, 1.165) is 23.4 Å². The van der Waals surface area contributed by atoms with E-state index in [4.69, 9.17) is 17.0 Å². The highest BCUT2D eigenvalue weighted by atomic mass is 32.1. The Kier molecular flexibility index (Phi) is 5.58. The minimum absolute atomic E-state index is 0.613. The topological polar surface area (TPSA) is 33.3 Å². The lowest BCUT2D eigenvalue weighted by atomic mass is 10.1. The summed E-state index contributed by atoms with van der Waals surface area (Å²) in [5.74, 6) is 0.863. The quantitative estimate of drug-likeness (QED) is 0.824. The van der Waals surface area contributed by atoms with Gasteiger partial charge in [0.2, 0.25) is 0 Å². The number of hydrogen-bond acceptors (Lipinski definition) is 2. The Balaban J connectivity index is 1.96. The summed E-state index contributed by atoms with van der Waals surface area (Å²) in [6, 6.07) is 16.1. The SMILES string of the molecule is CCc1ccccc1NC(=S)NCc1ccccc1OC. The summed E-state index contributed by atoms with van der Waals surface area (Å²) >= 11 is 5.36. The zero-order chi connectivity index (χ0) is 15.1. The van der Waals surface area contributed by atoms with Crippen LogP contribution >= 0.6 is 12.2 Å². The van der Waals surface area contributed by atoms with Crippen molar-refractivity contribution in [3.8, 4) is 5.75 Å². The fourth-order valence-electron chi connectivity index (χ4n) is 2.14. The first kappa shape index (κ1) is 15.3. The van der Waals surface area contributed by atoms with Gasteiger partial charge in [0.25, 0.3) is 0 Å². The number of anilines is 1. The molecule has 0 fully saturated rings. The van der Waals surface area contributed by atoms with Gasteiger partial charge in [-0.15, -0.1) is 0 Å². The molecule has 0 unspecified atom stereocenters. The van der Waals surface area contributed by atoms with Crippen molar-refractivity contribution in [2.45, 2.75) is 19.9 Å². The fourth-order valence-corrected chi connectivity index (χ4v) is 2.32. The maximum atomic E-state index is 5.36. The second kappa shape index (κ2) is 7.64. The molecule has 0 atom stereocenters. The summed E-state index contributed by atoms with van der Waals surface area (Å²) < 4.78 is 5.33. The normalized spacial score (nSPS) is 10.0. The molecule has 0 aliphatic heterocycles. The lowest BCUT2D eigenvalue weighted by molar-refractivity contribution is 0.409. The average Bonchev–Trinajstić information content (AvgIpc) is 2.53. The molecule has 2 aromatic carbocycles. The molecule has 4 heteroatoms. The van der Waals surface area contributed by atoms with Crippen molar-refractivity contribution in [3.05, 3.63) is 59.7 Å². The third-order valence-corrected chi connectivity index (χ3v) is 3.52. The van der Waals surface area contributed by atoms with E-state index in [9.17, 15) is 0 Å². The first-order chi connectivity index (χ1) is 10.2. The Hall–Kier alpha value is -2.07. The molecule has 0 radical (unpaired) electrons. The third kappa shape index (κ3) is 4.20. The number of hydrogen-bond donors (Lipinski definition) is 2. The summed E-state index contributed by atoms with van der Waals surface area (Å²) in [4.78, 5) is 0. The van der Waals surface area contributed by atoms with E-state index >= 15 is 0 Å². The van der Waals surface area contributed by atoms with Gasteiger partial charge in [0, 0.05) is 17.8 Å². The number of benzene rings is 2. The van der Waals surface area contributed by atoms with Crippen LogP contribution in [0.2, 0.25) is 0 Å². The number of ether oxygens (including phenoxy) is 1. The highest BCUT2D eigenvalue weighted by Crippen LogP contribution is 2.17. The van der Waals surface area contributed by atoms with Gasteiger partial charge < -0.3 is 15.4 Å². The number of rotatable bonds is 5. The Labute approximate surface area is 131 Å². The van der Waals surface area contributed by atoms with E-state index in [2.05, 4.69) is 23.6 Å². The Morgan fingerprint density at radius 1 is 1.05 bits per heavy atom. The van der Waals surface area contributed by atoms with Gasteiger partial charge in [0.15, 0.2) is 5.11 Å². The minimum Gasteiger partial charge on any atom is -0.496 e. The standard InChI is InChI=1S/C17H20N2OS/c1-3-13-8-4-6-10-15(13)19-17(21)18-12-14-9-5-7-11-16(14)20-2/h4-11H,3,12H2,1-2H3,(H2,18,19,21). The van der Waals surface area contributed by atoms with Crippen LogP contribution in [0.5, 0.6) is 5.75 Å². The van der Waals surface area contributed by atoms with Crippen LogP contribution in [0.3, 0.4) is 0 Å². The van der Waals surface area contributed by atoms with Crippen LogP contribution in [0.1, 0.15) is 18.1 Å². The second-order valence-corrected chi connectivity index (χ2v) is 5.04. The van der Waals surface area contributed by atoms with Crippen LogP contribution in [0.25, 0.3) is 0 Å². The van der Waals surface area contributed by atoms with Crippen molar-refractivity contribution in [1.29, 1.82) is 0 Å². The van der Waals surface area contributed by atoms with Crippen molar-refractivity contribution >= 4 is 23.0 Å². The number of nitrogens with one attached hydrogen (secondary N) is 2. The largest absolute Gasteiger partial charge is 0.496 e. The van der Waals surface area contributed by atoms with Crippen LogP contribution in [0.4, 0.5) is 5.69 Å². The second-order valence-electron chi connectivity index (χ2n) is 4.63. The molecule has 0 aromatic heterocycles. The zero-order valence-corrected chi connectivity index (χ0v) is 13.2. The predicted octanol–water partition coefficient (Wildman–Crippen LogP) is 3.74. The number of aryl methyl sites for hydroxylation is 1. The molecule has 0 amide bonds. The summed E-state index contributed by atoms with van der Waals surface area (Å²) in [6.07, 6.45) is 0.971. The Morgan fingerprint density at radius 2 is 1.71 bits per heavy atom. The molecular weight excluding hydrogens is 280 g/mol. The molecule has 21 heavy (non-hydrogen) atoms. The Bertz CT molecular complexity index is 613. The Morgan fingerprint density at radius 3 is 2.43 bits per heavy atom. The highest BCUT2D eigenvalue weighted by Gasteiger charge is 2.04. The molecule has 0 spiro atoms. The van der Waals surface area contributed by atoms with Crippen LogP contribution in [0, 0.1) is 0 Å². The molecule has 2 rings (SSSR count). The van der Waals surface area contributed by atoms with Crippen LogP contribution < -0.4 is 15.4 Å². The molecule has 0 saturated carbocycles. The molecular formula is C17H20N2OS. The van der Waals surface area contributed by atoms with E-state index in [-0.39, 0.29) is 0 Å². The van der Waals surface area contributed by atoms with Gasteiger partial charge in [-0.25, -0.2) is 0 Å². The van der Waals surface area contributed by atoms with Crippen molar-refractivity contribution < 1.29 is 4.74 Å². The summed E-state index contributed by atoms with van der Waals surface area (Å²) in [6.45, 7) is 2.76. The first-order valence-electron chi connectivity index (χ1n) is 6.99. The molecule has 0 aliphatic carbocycles. The smallest absolute Gasteiger partial charge is 0.171 e. The summed E-state index contributed by atoms with van der Waals surface area (Å²) in [7, 11) is 1.67. The molecule has 0 heterocycles. The fraction of sp³-hybridized carbons (Fsp3) is 0.235. The van der Waals surface area contributed by atoms with E-state index in [1.807, 2.05) is 42.5 Å². The highest BCUT2D eigenvalue weighted by molar-refractivity contribution is 7.80. The molecule has 0 saturated heterocycles. The first-order valence-corrected chi connectivity index (χ1v) is 7.40. The van der Waals surface area contributed by atoms with Gasteiger partial charge in [-0.2, -0.15) is 0 Å². The number of para-hydroxylation sites is 2. The molecule has 2 aromatic rings. The average molecular weight is 300 g/mol. The van der Waals surface area contributed by atoms with E-state index in [0.29, 0.717) is 11.7 Å². The van der Waals surface area contributed by atoms with Crippen molar-refractivity contribution in [1.82, 2.24) is 5.32 Å². The monoisotopic (exact) mass is 300 g/mol. The lowest BCUT2D eigenvalue weighted by Crippen LogP contribution is -2.28. The van der Waals surface area contributed by atoms with E-state index < -0.39 is 0 Å². The molecule has 2 N–H and O–H groups in total. The van der Waals surface area contributed by atoms with Gasteiger partial charge in [0.1, 0.15) is 5.75 Å². The maximum absolute atomic E-state index is 5.36. The van der Waals surface area contributed by atoms with Crippen molar-refractivity contribution in [2.75, 3.05) is 12.4 Å². The van der Waals surface area contributed by atoms with Crippen LogP contribution in [-0.2, 0) is 13.0 Å². The van der Waals surface area contributed by atoms with Crippen molar-refractivity contribution in [3.63, 3.8) is 0 Å². The van der Waals surface area contributed by atoms with Crippen LogP contribution in [-0.4, -0.2) is 12.2 Å². The molecule has 110 valence electrons. The molecule has 0 bridgehead atoms. The van der Waals surface area contributed by atoms with Gasteiger partial charge in [-0.05, 0) is 36.3 Å². The number of thiocarbonyl (C=S) groups is 1. The predicted molar refractivity (Wildman–Crippen MR) is 91.9 cm³/mol. The summed E-state index contributed by atoms with van der Waals surface area (Å²) in [5.41, 5.74) is 3.38. The number of methoxy groups -OCH3 is 1. The minimum atomic E-state index is 0.613. The lowest BCUT2D eigenvalue weighted by Gasteiger charge is -2.14. The van der Waals surface area contributed by atoms with Gasteiger partial charge >= 0.3 is 0 Å². The van der Waals surface area contributed by atoms with Crippen molar-refractivity contribution in [2.24, 2.45) is 0 Å². The molecule has 3 nitrogen and oxygen atoms in total. The molecule has 0 aliphatic rings. The van der Waals surface area contributed by atoms with Gasteiger partial charge in [-0.3, -0.25) is 0 Å². The van der Waals surface area contributed by atoms with Gasteiger partial charge in [-0.1, -0.05) is 43.3 Å². The third-order valence-electron chi connectivity index (χ3n) is 3.28. The van der Waals surface area contributed by atoms with Crippen LogP contribution in [0.15, 0.2) is 48.5 Å². The summed E-state index contributed by atoms with van der Waals surface area (Å²) in [5, 5.41) is 7.08. The zero-order valence-electron chi connectivity index (χ0n) is 12.3. The van der Waals surface area contributed by atoms with E-state index in [1.54, 1.807) is 7.11 Å². The maximum Gasteiger partial charge on any atom is 0.171 e. The van der Waals surface area contributed by atoms with Gasteiger partial charge in [0.05, 0.1) is 7.11 Å². The van der Waals surface area contributed by atoms with E-state index in [1.165, 1.54) is 5.56 Å².